The van der Waals surface area contributed by atoms with Gasteiger partial charge in [-0.05, 0) is 35.9 Å². The lowest BCUT2D eigenvalue weighted by atomic mass is 10.0. The smallest absolute Gasteiger partial charge is 0.414 e. The number of carbonyl (C=O) groups excluding carboxylic acids is 2. The number of nitrogens with one attached hydrogen (secondary N) is 1. The molecule has 0 spiro atoms. The number of benzene rings is 2. The van der Waals surface area contributed by atoms with Gasteiger partial charge in [0.1, 0.15) is 11.9 Å². The molecule has 166 valence electrons. The Bertz CT molecular complexity index is 1370. The second kappa shape index (κ2) is 8.30. The van der Waals surface area contributed by atoms with Crippen LogP contribution in [0, 0.1) is 5.82 Å². The summed E-state index contributed by atoms with van der Waals surface area (Å²) in [5.41, 5.74) is 2.19. The molecule has 5 rings (SSSR count). The third-order valence-corrected chi connectivity index (χ3v) is 5.34. The van der Waals surface area contributed by atoms with Gasteiger partial charge in [0.05, 0.1) is 18.8 Å². The molecule has 4 aromatic rings. The fraction of sp³-hybridized carbons (Fsp3) is 0.174. The zero-order valence-corrected chi connectivity index (χ0v) is 17.6. The normalized spacial score (nSPS) is 15.6. The highest BCUT2D eigenvalue weighted by Gasteiger charge is 2.32. The van der Waals surface area contributed by atoms with Crippen molar-refractivity contribution in [2.75, 3.05) is 18.0 Å². The van der Waals surface area contributed by atoms with Crippen LogP contribution in [0.4, 0.5) is 14.9 Å². The maximum atomic E-state index is 15.1. The lowest BCUT2D eigenvalue weighted by molar-refractivity contribution is -0.119. The van der Waals surface area contributed by atoms with E-state index in [9.17, 15) is 9.59 Å². The minimum atomic E-state index is -0.577. The minimum Gasteiger partial charge on any atom is -0.442 e. The molecule has 2 aromatic heterocycles. The van der Waals surface area contributed by atoms with Crippen LogP contribution in [0.3, 0.4) is 0 Å². The van der Waals surface area contributed by atoms with Crippen molar-refractivity contribution in [2.24, 2.45) is 0 Å². The van der Waals surface area contributed by atoms with Gasteiger partial charge in [-0.25, -0.2) is 14.2 Å². The number of fused-ring (bicyclic) bond motifs is 1. The topological polar surface area (TPSA) is 102 Å². The number of carbonyl (C=O) groups is 2. The standard InChI is InChI=1S/C23H19FN6O3/c1-14(31)26-12-18-13-30(23(32)33-18)17-6-7-19(20(24)11-17)15-4-2-5-16(10-15)21-27-28-22-25-8-3-9-29(21)22/h2-11,18H,12-13H2,1H3,(H,26,31)/t18-/m0/s1. The van der Waals surface area contributed by atoms with Crippen LogP contribution in [-0.2, 0) is 9.53 Å². The number of amides is 2. The van der Waals surface area contributed by atoms with Gasteiger partial charge < -0.3 is 10.1 Å². The SMILES string of the molecule is CC(=O)NC[C@H]1CN(c2ccc(-c3cccc(-c4nnc5ncccn45)c3)c(F)c2)C(=O)O1. The molecule has 10 heteroatoms. The summed E-state index contributed by atoms with van der Waals surface area (Å²) >= 11 is 0. The maximum absolute atomic E-state index is 15.1. The average molecular weight is 446 g/mol. The van der Waals surface area contributed by atoms with Crippen molar-refractivity contribution in [3.8, 4) is 22.5 Å². The van der Waals surface area contributed by atoms with E-state index in [1.165, 1.54) is 17.9 Å². The Morgan fingerprint density at radius 3 is 2.85 bits per heavy atom. The van der Waals surface area contributed by atoms with Gasteiger partial charge in [-0.2, -0.15) is 0 Å². The molecule has 0 radical (unpaired) electrons. The molecule has 33 heavy (non-hydrogen) atoms. The fourth-order valence-corrected chi connectivity index (χ4v) is 3.77. The molecule has 0 unspecified atom stereocenters. The second-order valence-corrected chi connectivity index (χ2v) is 7.61. The van der Waals surface area contributed by atoms with Gasteiger partial charge in [0, 0.05) is 30.4 Å². The Morgan fingerprint density at radius 1 is 1.18 bits per heavy atom. The fourth-order valence-electron chi connectivity index (χ4n) is 3.77. The van der Waals surface area contributed by atoms with Gasteiger partial charge in [0.25, 0.3) is 5.78 Å². The van der Waals surface area contributed by atoms with Crippen LogP contribution in [0.25, 0.3) is 28.3 Å². The van der Waals surface area contributed by atoms with Crippen molar-refractivity contribution >= 4 is 23.5 Å². The van der Waals surface area contributed by atoms with E-state index in [2.05, 4.69) is 20.5 Å². The molecule has 2 aromatic carbocycles. The number of ether oxygens (including phenoxy) is 1. The molecule has 0 saturated carbocycles. The second-order valence-electron chi connectivity index (χ2n) is 7.61. The molecular weight excluding hydrogens is 427 g/mol. The van der Waals surface area contributed by atoms with Gasteiger partial charge in [-0.1, -0.05) is 18.2 Å². The van der Waals surface area contributed by atoms with E-state index in [0.29, 0.717) is 28.4 Å². The lowest BCUT2D eigenvalue weighted by Crippen LogP contribution is -2.33. The summed E-state index contributed by atoms with van der Waals surface area (Å²) in [6.07, 6.45) is 2.38. The van der Waals surface area contributed by atoms with Crippen LogP contribution in [0.15, 0.2) is 60.9 Å². The number of cyclic esters (lactones) is 1. The highest BCUT2D eigenvalue weighted by Crippen LogP contribution is 2.31. The molecule has 1 aliphatic rings. The Morgan fingerprint density at radius 2 is 2.03 bits per heavy atom. The van der Waals surface area contributed by atoms with Crippen LogP contribution >= 0.6 is 0 Å². The Kier molecular flexibility index (Phi) is 5.17. The monoisotopic (exact) mass is 446 g/mol. The van der Waals surface area contributed by atoms with E-state index in [4.69, 9.17) is 4.74 Å². The van der Waals surface area contributed by atoms with Crippen molar-refractivity contribution in [2.45, 2.75) is 13.0 Å². The van der Waals surface area contributed by atoms with Gasteiger partial charge in [0.2, 0.25) is 5.91 Å². The quantitative estimate of drug-likeness (QED) is 0.506. The van der Waals surface area contributed by atoms with Crippen molar-refractivity contribution in [3.63, 3.8) is 0 Å². The number of hydrogen-bond donors (Lipinski definition) is 1. The number of anilines is 1. The molecule has 3 heterocycles. The van der Waals surface area contributed by atoms with Gasteiger partial charge in [-0.15, -0.1) is 10.2 Å². The van der Waals surface area contributed by atoms with Crippen molar-refractivity contribution in [3.05, 3.63) is 66.7 Å². The summed E-state index contributed by atoms with van der Waals surface area (Å²) in [5, 5.41) is 10.9. The first-order valence-corrected chi connectivity index (χ1v) is 10.3. The van der Waals surface area contributed by atoms with Gasteiger partial charge >= 0.3 is 6.09 Å². The van der Waals surface area contributed by atoms with Crippen LogP contribution < -0.4 is 10.2 Å². The number of rotatable bonds is 5. The van der Waals surface area contributed by atoms with Crippen LogP contribution in [0.1, 0.15) is 6.92 Å². The maximum Gasteiger partial charge on any atom is 0.414 e. The Hall–Kier alpha value is -4.34. The van der Waals surface area contributed by atoms with E-state index in [0.717, 1.165) is 5.56 Å². The highest BCUT2D eigenvalue weighted by molar-refractivity contribution is 5.90. The number of aromatic nitrogens is 4. The number of halogens is 1. The van der Waals surface area contributed by atoms with E-state index in [1.807, 2.05) is 24.4 Å². The average Bonchev–Trinajstić information content (AvgIpc) is 3.41. The van der Waals surface area contributed by atoms with E-state index in [1.54, 1.807) is 34.9 Å². The van der Waals surface area contributed by atoms with Crippen molar-refractivity contribution in [1.82, 2.24) is 24.9 Å². The summed E-state index contributed by atoms with van der Waals surface area (Å²) in [7, 11) is 0. The Balaban J connectivity index is 1.41. The molecular formula is C23H19FN6O3. The summed E-state index contributed by atoms with van der Waals surface area (Å²) in [6, 6.07) is 13.7. The summed E-state index contributed by atoms with van der Waals surface area (Å²) in [5.74, 6) is 0.387. The minimum absolute atomic E-state index is 0.206. The lowest BCUT2D eigenvalue weighted by Gasteiger charge is -2.15. The third-order valence-electron chi connectivity index (χ3n) is 5.34. The number of nitrogens with zero attached hydrogens (tertiary/aromatic N) is 5. The first kappa shape index (κ1) is 20.6. The number of hydrogen-bond acceptors (Lipinski definition) is 6. The van der Waals surface area contributed by atoms with Crippen molar-refractivity contribution in [1.29, 1.82) is 0 Å². The molecule has 1 atom stereocenters. The third kappa shape index (κ3) is 3.98. The van der Waals surface area contributed by atoms with E-state index >= 15 is 4.39 Å². The molecule has 9 nitrogen and oxygen atoms in total. The van der Waals surface area contributed by atoms with Crippen molar-refractivity contribution < 1.29 is 18.7 Å². The molecule has 1 N–H and O–H groups in total. The highest BCUT2D eigenvalue weighted by atomic mass is 19.1. The molecule has 2 amide bonds. The van der Waals surface area contributed by atoms with E-state index in [-0.39, 0.29) is 19.0 Å². The predicted molar refractivity (Wildman–Crippen MR) is 118 cm³/mol. The zero-order chi connectivity index (χ0) is 22.9. The van der Waals surface area contributed by atoms with Crippen LogP contribution in [0.2, 0.25) is 0 Å². The predicted octanol–water partition coefficient (Wildman–Crippen LogP) is 3.06. The molecule has 1 aliphatic heterocycles. The summed E-state index contributed by atoms with van der Waals surface area (Å²) < 4.78 is 22.1. The summed E-state index contributed by atoms with van der Waals surface area (Å²) in [4.78, 5) is 28.8. The van der Waals surface area contributed by atoms with E-state index < -0.39 is 18.0 Å². The molecule has 0 bridgehead atoms. The van der Waals surface area contributed by atoms with Crippen LogP contribution in [0.5, 0.6) is 0 Å². The summed E-state index contributed by atoms with van der Waals surface area (Å²) in [6.45, 7) is 1.82. The van der Waals surface area contributed by atoms with Gasteiger partial charge in [0.15, 0.2) is 5.82 Å². The Labute approximate surface area is 187 Å². The largest absolute Gasteiger partial charge is 0.442 e. The van der Waals surface area contributed by atoms with Gasteiger partial charge in [-0.3, -0.25) is 14.1 Å². The molecule has 1 fully saturated rings. The molecule has 0 aliphatic carbocycles. The molecule has 1 saturated heterocycles. The zero-order valence-electron chi connectivity index (χ0n) is 17.6. The first-order chi connectivity index (χ1) is 16.0. The van der Waals surface area contributed by atoms with Crippen LogP contribution in [-0.4, -0.2) is 50.8 Å². The first-order valence-electron chi connectivity index (χ1n) is 10.3.